The summed E-state index contributed by atoms with van der Waals surface area (Å²) in [5, 5.41) is 2.53. The summed E-state index contributed by atoms with van der Waals surface area (Å²) < 4.78 is 46.6. The zero-order valence-electron chi connectivity index (χ0n) is 14.8. The van der Waals surface area contributed by atoms with Crippen molar-refractivity contribution in [2.75, 3.05) is 4.90 Å². The van der Waals surface area contributed by atoms with Gasteiger partial charge in [-0.2, -0.15) is 0 Å². The third-order valence-corrected chi connectivity index (χ3v) is 3.89. The molecule has 1 aliphatic heterocycles. The zero-order valence-corrected chi connectivity index (χ0v) is 14.8. The average Bonchev–Trinajstić information content (AvgIpc) is 2.91. The molecule has 0 radical (unpaired) electrons. The molecule has 0 unspecified atom stereocenters. The summed E-state index contributed by atoms with van der Waals surface area (Å²) in [6.45, 7) is 3.22. The maximum atomic E-state index is 12.4. The number of halogens is 3. The van der Waals surface area contributed by atoms with Gasteiger partial charge >= 0.3 is 18.4 Å². The molecule has 1 aliphatic rings. The lowest BCUT2D eigenvalue weighted by molar-refractivity contribution is -0.274. The molecule has 2 heterocycles. The number of aromatic nitrogens is 2. The van der Waals surface area contributed by atoms with Gasteiger partial charge in [0.05, 0.1) is 18.1 Å². The molecule has 3 rings (SSSR count). The van der Waals surface area contributed by atoms with Gasteiger partial charge in [0.1, 0.15) is 17.5 Å². The van der Waals surface area contributed by atoms with Crippen LogP contribution in [0.5, 0.6) is 17.5 Å². The second kappa shape index (κ2) is 7.33. The molecule has 0 aliphatic carbocycles. The highest BCUT2D eigenvalue weighted by atomic mass is 19.4. The van der Waals surface area contributed by atoms with Gasteiger partial charge in [-0.05, 0) is 25.0 Å². The third kappa shape index (κ3) is 4.13. The second-order valence-corrected chi connectivity index (χ2v) is 5.88. The van der Waals surface area contributed by atoms with E-state index in [2.05, 4.69) is 20.0 Å². The molecular weight excluding hydrogens is 381 g/mol. The van der Waals surface area contributed by atoms with Crippen LogP contribution in [0.25, 0.3) is 0 Å². The number of benzene rings is 1. The number of aryl methyl sites for hydroxylation is 1. The van der Waals surface area contributed by atoms with Crippen LogP contribution >= 0.6 is 0 Å². The fourth-order valence-electron chi connectivity index (χ4n) is 2.51. The van der Waals surface area contributed by atoms with E-state index in [0.29, 0.717) is 6.42 Å². The van der Waals surface area contributed by atoms with E-state index in [9.17, 15) is 22.8 Å². The minimum Gasteiger partial charge on any atom is -0.424 e. The molecule has 1 aromatic heterocycles. The lowest BCUT2D eigenvalue weighted by Gasteiger charge is -2.13. The van der Waals surface area contributed by atoms with Crippen LogP contribution in [0.1, 0.15) is 18.9 Å². The van der Waals surface area contributed by atoms with Gasteiger partial charge in [-0.3, -0.25) is 4.79 Å². The fourth-order valence-corrected chi connectivity index (χ4v) is 2.51. The van der Waals surface area contributed by atoms with Crippen LogP contribution in [-0.4, -0.2) is 34.3 Å². The summed E-state index contributed by atoms with van der Waals surface area (Å²) in [6, 6.07) is 2.51. The molecule has 1 saturated heterocycles. The van der Waals surface area contributed by atoms with Crippen LogP contribution in [0, 0.1) is 6.92 Å². The number of ether oxygens (including phenoxy) is 2. The standard InChI is InChI=1S/C17H15F3N4O4/c1-3-12-14(25)24(16(26)23-12)10-7-21-15(22-8-10)27-11-5-4-9(2)13(6-11)28-17(18,19)20/h4-8,12H,3H2,1-2H3,(H,23,26)/t12-/m1/s1. The lowest BCUT2D eigenvalue weighted by Crippen LogP contribution is -2.31. The van der Waals surface area contributed by atoms with E-state index in [4.69, 9.17) is 4.74 Å². The van der Waals surface area contributed by atoms with Crippen molar-refractivity contribution in [1.82, 2.24) is 15.3 Å². The maximum absolute atomic E-state index is 12.4. The van der Waals surface area contributed by atoms with Gasteiger partial charge in [0.15, 0.2) is 0 Å². The Bertz CT molecular complexity index is 902. The third-order valence-electron chi connectivity index (χ3n) is 3.89. The molecule has 2 aromatic rings. The van der Waals surface area contributed by atoms with Crippen molar-refractivity contribution in [3.63, 3.8) is 0 Å². The molecule has 1 aromatic carbocycles. The van der Waals surface area contributed by atoms with Gasteiger partial charge in [0, 0.05) is 6.07 Å². The molecule has 0 bridgehead atoms. The lowest BCUT2D eigenvalue weighted by atomic mass is 10.2. The summed E-state index contributed by atoms with van der Waals surface area (Å²) in [7, 11) is 0. The summed E-state index contributed by atoms with van der Waals surface area (Å²) in [6.07, 6.45) is -1.97. The molecular formula is C17H15F3N4O4. The number of carbonyl (C=O) groups excluding carboxylic acids is 2. The van der Waals surface area contributed by atoms with Crippen molar-refractivity contribution < 1.29 is 32.2 Å². The number of anilines is 1. The van der Waals surface area contributed by atoms with Gasteiger partial charge in [-0.15, -0.1) is 13.2 Å². The molecule has 1 N–H and O–H groups in total. The van der Waals surface area contributed by atoms with Gasteiger partial charge in [-0.25, -0.2) is 19.7 Å². The van der Waals surface area contributed by atoms with Crippen LogP contribution in [0.4, 0.5) is 23.7 Å². The molecule has 1 fully saturated rings. The highest BCUT2D eigenvalue weighted by Crippen LogP contribution is 2.31. The number of urea groups is 1. The van der Waals surface area contributed by atoms with Crippen molar-refractivity contribution in [1.29, 1.82) is 0 Å². The number of alkyl halides is 3. The Kier molecular flexibility index (Phi) is 5.08. The smallest absolute Gasteiger partial charge is 0.424 e. The topological polar surface area (TPSA) is 93.7 Å². The quantitative estimate of drug-likeness (QED) is 0.780. The van der Waals surface area contributed by atoms with E-state index in [0.717, 1.165) is 11.0 Å². The highest BCUT2D eigenvalue weighted by molar-refractivity contribution is 6.21. The van der Waals surface area contributed by atoms with Crippen molar-refractivity contribution in [2.45, 2.75) is 32.7 Å². The van der Waals surface area contributed by atoms with Crippen LogP contribution in [0.15, 0.2) is 30.6 Å². The maximum Gasteiger partial charge on any atom is 0.573 e. The first-order chi connectivity index (χ1) is 13.2. The van der Waals surface area contributed by atoms with Crippen molar-refractivity contribution in [2.24, 2.45) is 0 Å². The minimum atomic E-state index is -4.83. The first-order valence-electron chi connectivity index (χ1n) is 8.18. The Morgan fingerprint density at radius 1 is 1.21 bits per heavy atom. The molecule has 148 valence electrons. The predicted molar refractivity (Wildman–Crippen MR) is 90.1 cm³/mol. The van der Waals surface area contributed by atoms with Crippen molar-refractivity contribution in [3.05, 3.63) is 36.2 Å². The van der Waals surface area contributed by atoms with Gasteiger partial charge in [-0.1, -0.05) is 13.0 Å². The number of rotatable bonds is 5. The monoisotopic (exact) mass is 396 g/mol. The minimum absolute atomic E-state index is 0.0265. The number of nitrogens with zero attached hydrogens (tertiary/aromatic N) is 3. The SMILES string of the molecule is CC[C@H]1NC(=O)N(c2cnc(Oc3ccc(C)c(OC(F)(F)F)c3)nc2)C1=O. The number of imide groups is 1. The Morgan fingerprint density at radius 2 is 1.89 bits per heavy atom. The number of hydrogen-bond acceptors (Lipinski definition) is 6. The normalized spacial score (nSPS) is 16.9. The van der Waals surface area contributed by atoms with Crippen molar-refractivity contribution in [3.8, 4) is 17.5 Å². The second-order valence-electron chi connectivity index (χ2n) is 5.88. The first kappa shape index (κ1) is 19.4. The summed E-state index contributed by atoms with van der Waals surface area (Å²) in [5.74, 6) is -0.803. The van der Waals surface area contributed by atoms with E-state index >= 15 is 0 Å². The van der Waals surface area contributed by atoms with Crippen LogP contribution in [0.2, 0.25) is 0 Å². The van der Waals surface area contributed by atoms with E-state index < -0.39 is 30.1 Å². The molecule has 0 spiro atoms. The first-order valence-corrected chi connectivity index (χ1v) is 8.18. The summed E-state index contributed by atoms with van der Waals surface area (Å²) >= 11 is 0. The summed E-state index contributed by atoms with van der Waals surface area (Å²) in [5.41, 5.74) is 0.417. The Balaban J connectivity index is 1.76. The Hall–Kier alpha value is -3.37. The summed E-state index contributed by atoms with van der Waals surface area (Å²) in [4.78, 5) is 32.8. The number of nitrogens with one attached hydrogen (secondary N) is 1. The number of hydrogen-bond donors (Lipinski definition) is 1. The molecule has 0 saturated carbocycles. The fraction of sp³-hybridized carbons (Fsp3) is 0.294. The Morgan fingerprint density at radius 3 is 2.46 bits per heavy atom. The molecule has 1 atom stereocenters. The zero-order chi connectivity index (χ0) is 20.5. The predicted octanol–water partition coefficient (Wildman–Crippen LogP) is 3.31. The van der Waals surface area contributed by atoms with Gasteiger partial charge < -0.3 is 14.8 Å². The van der Waals surface area contributed by atoms with Gasteiger partial charge in [0.25, 0.3) is 5.91 Å². The van der Waals surface area contributed by atoms with E-state index in [1.165, 1.54) is 31.5 Å². The van der Waals surface area contributed by atoms with Crippen LogP contribution < -0.4 is 19.7 Å². The van der Waals surface area contributed by atoms with E-state index in [-0.39, 0.29) is 23.0 Å². The Labute approximate surface area is 157 Å². The highest BCUT2D eigenvalue weighted by Gasteiger charge is 2.38. The van der Waals surface area contributed by atoms with Crippen LogP contribution in [-0.2, 0) is 4.79 Å². The molecule has 8 nitrogen and oxygen atoms in total. The number of amides is 3. The van der Waals surface area contributed by atoms with E-state index in [1.54, 1.807) is 6.92 Å². The molecule has 3 amide bonds. The number of carbonyl (C=O) groups is 2. The molecule has 11 heteroatoms. The van der Waals surface area contributed by atoms with E-state index in [1.807, 2.05) is 0 Å². The van der Waals surface area contributed by atoms with Crippen LogP contribution in [0.3, 0.4) is 0 Å². The largest absolute Gasteiger partial charge is 0.573 e. The molecule has 28 heavy (non-hydrogen) atoms. The van der Waals surface area contributed by atoms with Gasteiger partial charge in [0.2, 0.25) is 0 Å². The van der Waals surface area contributed by atoms with Crippen molar-refractivity contribution >= 4 is 17.6 Å². The average molecular weight is 396 g/mol.